The first kappa shape index (κ1) is 15.8. The molecule has 0 spiro atoms. The quantitative estimate of drug-likeness (QED) is 0.831. The van der Waals surface area contributed by atoms with Crippen molar-refractivity contribution in [3.8, 4) is 5.69 Å². The molecule has 2 aromatic rings. The second-order valence-electron chi connectivity index (χ2n) is 6.99. The molecule has 130 valence electrons. The van der Waals surface area contributed by atoms with E-state index in [0.29, 0.717) is 18.2 Å². The summed E-state index contributed by atoms with van der Waals surface area (Å²) in [5.41, 5.74) is 1.40. The Bertz CT molecular complexity index is 756. The van der Waals surface area contributed by atoms with Crippen LogP contribution in [-0.4, -0.2) is 33.1 Å². The fraction of sp³-hybridized carbons (Fsp3) is 0.444. The van der Waals surface area contributed by atoms with Gasteiger partial charge in [-0.1, -0.05) is 6.42 Å². The zero-order valence-corrected chi connectivity index (χ0v) is 13.9. The Balaban J connectivity index is 1.28. The number of nitrogens with one attached hydrogen (secondary N) is 2. The van der Waals surface area contributed by atoms with Crippen molar-refractivity contribution < 1.29 is 9.59 Å². The van der Waals surface area contributed by atoms with Gasteiger partial charge in [-0.15, -0.1) is 0 Å². The molecule has 3 atom stereocenters. The molecule has 25 heavy (non-hydrogen) atoms. The first-order valence-corrected chi connectivity index (χ1v) is 8.73. The molecule has 7 heteroatoms. The third-order valence-electron chi connectivity index (χ3n) is 5.42. The van der Waals surface area contributed by atoms with E-state index in [1.54, 1.807) is 35.3 Å². The minimum Gasteiger partial charge on any atom is -0.348 e. The Hall–Kier alpha value is -2.70. The predicted octanol–water partition coefficient (Wildman–Crippen LogP) is 1.76. The number of hydrogen-bond donors (Lipinski definition) is 2. The lowest BCUT2D eigenvalue weighted by molar-refractivity contribution is -0.136. The van der Waals surface area contributed by atoms with Crippen LogP contribution >= 0.6 is 0 Å². The van der Waals surface area contributed by atoms with Gasteiger partial charge in [-0.25, -0.2) is 9.67 Å². The number of carbonyl (C=O) groups is 2. The van der Waals surface area contributed by atoms with Gasteiger partial charge in [-0.3, -0.25) is 9.59 Å². The van der Waals surface area contributed by atoms with Gasteiger partial charge in [-0.2, -0.15) is 5.10 Å². The van der Waals surface area contributed by atoms with E-state index >= 15 is 0 Å². The highest BCUT2D eigenvalue weighted by atomic mass is 16.2. The summed E-state index contributed by atoms with van der Waals surface area (Å²) in [5, 5.41) is 9.45. The minimum absolute atomic E-state index is 0.539. The summed E-state index contributed by atoms with van der Waals surface area (Å²) in [5.74, 6) is 0.916. The van der Waals surface area contributed by atoms with Crippen LogP contribution in [0, 0.1) is 17.8 Å². The smallest absolute Gasteiger partial charge is 0.313 e. The minimum atomic E-state index is -0.628. The van der Waals surface area contributed by atoms with Crippen LogP contribution in [0.5, 0.6) is 0 Å². The van der Waals surface area contributed by atoms with Crippen LogP contribution < -0.4 is 10.6 Å². The van der Waals surface area contributed by atoms with Crippen LogP contribution in [0.15, 0.2) is 36.9 Å². The van der Waals surface area contributed by atoms with Crippen LogP contribution in [-0.2, 0) is 9.59 Å². The van der Waals surface area contributed by atoms with Gasteiger partial charge in [-0.05, 0) is 61.3 Å². The summed E-state index contributed by atoms with van der Waals surface area (Å²) in [7, 11) is 0. The molecule has 3 unspecified atom stereocenters. The highest BCUT2D eigenvalue weighted by Gasteiger charge is 2.39. The normalized spacial score (nSPS) is 24.2. The van der Waals surface area contributed by atoms with Crippen LogP contribution in [0.25, 0.3) is 5.69 Å². The first-order valence-electron chi connectivity index (χ1n) is 8.73. The van der Waals surface area contributed by atoms with Crippen molar-refractivity contribution >= 4 is 17.5 Å². The molecule has 2 aliphatic carbocycles. The SMILES string of the molecule is O=C(NCC1CC2CCC1C2)C(=O)Nc1ccc(-n2cncn2)cc1. The van der Waals surface area contributed by atoms with Crippen molar-refractivity contribution in [2.75, 3.05) is 11.9 Å². The number of carbonyl (C=O) groups excluding carboxylic acids is 2. The van der Waals surface area contributed by atoms with Crippen LogP contribution in [0.1, 0.15) is 25.7 Å². The molecular formula is C18H21N5O2. The summed E-state index contributed by atoms with van der Waals surface area (Å²) in [4.78, 5) is 27.9. The van der Waals surface area contributed by atoms with Crippen molar-refractivity contribution in [1.29, 1.82) is 0 Å². The molecule has 1 aromatic carbocycles. The number of hydrogen-bond acceptors (Lipinski definition) is 4. The Kier molecular flexibility index (Phi) is 4.21. The molecule has 2 N–H and O–H groups in total. The zero-order chi connectivity index (χ0) is 17.2. The average Bonchev–Trinajstić information content (AvgIpc) is 3.37. The van der Waals surface area contributed by atoms with Gasteiger partial charge in [0, 0.05) is 12.2 Å². The summed E-state index contributed by atoms with van der Waals surface area (Å²) in [6.45, 7) is 0.610. The van der Waals surface area contributed by atoms with Crippen LogP contribution in [0.3, 0.4) is 0 Å². The van der Waals surface area contributed by atoms with Crippen LogP contribution in [0.4, 0.5) is 5.69 Å². The Morgan fingerprint density at radius 2 is 1.96 bits per heavy atom. The van der Waals surface area contributed by atoms with Crippen molar-refractivity contribution in [2.24, 2.45) is 17.8 Å². The summed E-state index contributed by atoms with van der Waals surface area (Å²) in [6.07, 6.45) is 8.14. The summed E-state index contributed by atoms with van der Waals surface area (Å²) < 4.78 is 1.62. The van der Waals surface area contributed by atoms with E-state index in [2.05, 4.69) is 20.7 Å². The Labute approximate surface area is 145 Å². The van der Waals surface area contributed by atoms with Gasteiger partial charge in [0.05, 0.1) is 5.69 Å². The number of aromatic nitrogens is 3. The van der Waals surface area contributed by atoms with Gasteiger partial charge in [0.1, 0.15) is 12.7 Å². The predicted molar refractivity (Wildman–Crippen MR) is 91.9 cm³/mol. The number of nitrogens with zero attached hydrogens (tertiary/aromatic N) is 3. The summed E-state index contributed by atoms with van der Waals surface area (Å²) in [6, 6.07) is 7.07. The van der Waals surface area contributed by atoms with E-state index in [9.17, 15) is 9.59 Å². The van der Waals surface area contributed by atoms with Gasteiger partial charge >= 0.3 is 11.8 Å². The van der Waals surface area contributed by atoms with E-state index < -0.39 is 11.8 Å². The molecule has 2 fully saturated rings. The lowest BCUT2D eigenvalue weighted by Crippen LogP contribution is -2.39. The van der Waals surface area contributed by atoms with Crippen molar-refractivity contribution in [3.05, 3.63) is 36.9 Å². The monoisotopic (exact) mass is 339 g/mol. The molecule has 1 heterocycles. The average molecular weight is 339 g/mol. The van der Waals surface area contributed by atoms with Crippen LogP contribution in [0.2, 0.25) is 0 Å². The van der Waals surface area contributed by atoms with Crippen molar-refractivity contribution in [2.45, 2.75) is 25.7 Å². The molecular weight excluding hydrogens is 318 g/mol. The maximum Gasteiger partial charge on any atom is 0.313 e. The van der Waals surface area contributed by atoms with E-state index in [-0.39, 0.29) is 0 Å². The van der Waals surface area contributed by atoms with E-state index in [1.165, 1.54) is 32.0 Å². The lowest BCUT2D eigenvalue weighted by Gasteiger charge is -2.21. The second kappa shape index (κ2) is 6.66. The molecule has 0 aliphatic heterocycles. The number of benzene rings is 1. The topological polar surface area (TPSA) is 88.9 Å². The molecule has 7 nitrogen and oxygen atoms in total. The number of anilines is 1. The number of amides is 2. The Morgan fingerprint density at radius 1 is 1.12 bits per heavy atom. The largest absolute Gasteiger partial charge is 0.348 e. The molecule has 2 amide bonds. The summed E-state index contributed by atoms with van der Waals surface area (Å²) >= 11 is 0. The van der Waals surface area contributed by atoms with Gasteiger partial charge in [0.2, 0.25) is 0 Å². The van der Waals surface area contributed by atoms with Crippen molar-refractivity contribution in [3.63, 3.8) is 0 Å². The molecule has 0 radical (unpaired) electrons. The van der Waals surface area contributed by atoms with E-state index in [4.69, 9.17) is 0 Å². The molecule has 2 saturated carbocycles. The molecule has 0 saturated heterocycles. The lowest BCUT2D eigenvalue weighted by atomic mass is 9.89. The van der Waals surface area contributed by atoms with E-state index in [0.717, 1.165) is 17.5 Å². The first-order chi connectivity index (χ1) is 12.2. The highest BCUT2D eigenvalue weighted by molar-refractivity contribution is 6.39. The Morgan fingerprint density at radius 3 is 2.60 bits per heavy atom. The third kappa shape index (κ3) is 3.40. The highest BCUT2D eigenvalue weighted by Crippen LogP contribution is 2.47. The van der Waals surface area contributed by atoms with Gasteiger partial charge in [0.25, 0.3) is 0 Å². The molecule has 2 bridgehead atoms. The molecule has 1 aromatic heterocycles. The zero-order valence-electron chi connectivity index (χ0n) is 13.9. The second-order valence-corrected chi connectivity index (χ2v) is 6.99. The molecule has 4 rings (SSSR count). The third-order valence-corrected chi connectivity index (χ3v) is 5.42. The van der Waals surface area contributed by atoms with Gasteiger partial charge in [0.15, 0.2) is 0 Å². The fourth-order valence-electron chi connectivity index (χ4n) is 4.16. The standard InChI is InChI=1S/C18H21N5O2/c24-17(20-9-14-8-12-1-2-13(14)7-12)18(25)22-15-3-5-16(6-4-15)23-11-19-10-21-23/h3-6,10-14H,1-2,7-9H2,(H,20,24)(H,22,25). The number of rotatable bonds is 4. The van der Waals surface area contributed by atoms with Crippen molar-refractivity contribution in [1.82, 2.24) is 20.1 Å². The maximum atomic E-state index is 12.0. The maximum absolute atomic E-state index is 12.0. The molecule has 2 aliphatic rings. The fourth-order valence-corrected chi connectivity index (χ4v) is 4.16. The van der Waals surface area contributed by atoms with E-state index in [1.807, 2.05) is 0 Å². The number of fused-ring (bicyclic) bond motifs is 2. The van der Waals surface area contributed by atoms with Gasteiger partial charge < -0.3 is 10.6 Å².